The second-order valence-corrected chi connectivity index (χ2v) is 8.43. The molecule has 1 aromatic heterocycles. The number of nitrogens with two attached hydrogens (primary N) is 1. The van der Waals surface area contributed by atoms with Gasteiger partial charge >= 0.3 is 5.97 Å². The topological polar surface area (TPSA) is 109 Å². The molecule has 1 aliphatic rings. The summed E-state index contributed by atoms with van der Waals surface area (Å²) in [4.78, 5) is 35.4. The molecule has 0 aliphatic heterocycles. The van der Waals surface area contributed by atoms with E-state index in [0.29, 0.717) is 16.5 Å². The van der Waals surface area contributed by atoms with Gasteiger partial charge in [-0.25, -0.2) is 0 Å². The van der Waals surface area contributed by atoms with Crippen molar-refractivity contribution in [1.82, 2.24) is 0 Å². The molecule has 0 spiro atoms. The highest BCUT2D eigenvalue weighted by Crippen LogP contribution is 2.44. The van der Waals surface area contributed by atoms with Gasteiger partial charge in [0.25, 0.3) is 5.91 Å². The fourth-order valence-electron chi connectivity index (χ4n) is 3.08. The molecule has 0 saturated heterocycles. The first-order valence-corrected chi connectivity index (χ1v) is 8.87. The van der Waals surface area contributed by atoms with E-state index in [0.717, 1.165) is 29.7 Å². The van der Waals surface area contributed by atoms with Crippen molar-refractivity contribution in [2.45, 2.75) is 52.9 Å². The molecule has 0 bridgehead atoms. The molecule has 2 amide bonds. The number of aliphatic carboxylic acids is 1. The Labute approximate surface area is 145 Å². The highest BCUT2D eigenvalue weighted by Gasteiger charge is 2.33. The molecule has 7 heteroatoms. The summed E-state index contributed by atoms with van der Waals surface area (Å²) in [5.74, 6) is -1.47. The first kappa shape index (κ1) is 18.4. The number of primary amides is 1. The van der Waals surface area contributed by atoms with Gasteiger partial charge in [-0.3, -0.25) is 14.4 Å². The Morgan fingerprint density at radius 3 is 2.50 bits per heavy atom. The van der Waals surface area contributed by atoms with Crippen LogP contribution in [0.15, 0.2) is 0 Å². The molecule has 0 aromatic carbocycles. The van der Waals surface area contributed by atoms with Crippen molar-refractivity contribution in [3.8, 4) is 0 Å². The van der Waals surface area contributed by atoms with Crippen LogP contribution in [-0.4, -0.2) is 22.9 Å². The summed E-state index contributed by atoms with van der Waals surface area (Å²) in [6, 6.07) is 0. The number of carbonyl (C=O) groups is 3. The highest BCUT2D eigenvalue weighted by atomic mass is 32.1. The number of hydrogen-bond donors (Lipinski definition) is 3. The van der Waals surface area contributed by atoms with Gasteiger partial charge in [0.15, 0.2) is 0 Å². The van der Waals surface area contributed by atoms with Crippen LogP contribution in [0.1, 0.15) is 60.8 Å². The maximum Gasteiger partial charge on any atom is 0.303 e. The van der Waals surface area contributed by atoms with Gasteiger partial charge in [0.2, 0.25) is 5.91 Å². The average molecular weight is 352 g/mol. The monoisotopic (exact) mass is 352 g/mol. The molecular formula is C17H24N2O4S. The molecule has 0 radical (unpaired) electrons. The Morgan fingerprint density at radius 1 is 1.29 bits per heavy atom. The quantitative estimate of drug-likeness (QED) is 0.757. The Balaban J connectivity index is 2.24. The van der Waals surface area contributed by atoms with E-state index < -0.39 is 17.8 Å². The van der Waals surface area contributed by atoms with E-state index in [-0.39, 0.29) is 18.3 Å². The maximum absolute atomic E-state index is 11.9. The Kier molecular flexibility index (Phi) is 5.32. The number of hydrogen-bond acceptors (Lipinski definition) is 4. The normalized spacial score (nSPS) is 17.2. The summed E-state index contributed by atoms with van der Waals surface area (Å²) in [5.41, 5.74) is 7.04. The van der Waals surface area contributed by atoms with Gasteiger partial charge in [-0.2, -0.15) is 0 Å². The lowest BCUT2D eigenvalue weighted by Crippen LogP contribution is -2.27. The lowest BCUT2D eigenvalue weighted by atomic mass is 9.72. The van der Waals surface area contributed by atoms with Gasteiger partial charge in [0, 0.05) is 11.3 Å². The van der Waals surface area contributed by atoms with E-state index in [9.17, 15) is 14.4 Å². The third-order valence-corrected chi connectivity index (χ3v) is 5.73. The number of carboxylic acid groups (broad SMARTS) is 1. The summed E-state index contributed by atoms with van der Waals surface area (Å²) in [7, 11) is 0. The fraction of sp³-hybridized carbons (Fsp3) is 0.588. The molecule has 0 saturated carbocycles. The molecule has 0 unspecified atom stereocenters. The molecular weight excluding hydrogens is 328 g/mol. The van der Waals surface area contributed by atoms with Crippen molar-refractivity contribution >= 4 is 34.1 Å². The van der Waals surface area contributed by atoms with Crippen molar-refractivity contribution in [2.24, 2.45) is 17.1 Å². The van der Waals surface area contributed by atoms with Gasteiger partial charge in [-0.1, -0.05) is 20.8 Å². The molecule has 6 nitrogen and oxygen atoms in total. The first-order chi connectivity index (χ1) is 11.1. The lowest BCUT2D eigenvalue weighted by Gasteiger charge is -2.33. The zero-order valence-electron chi connectivity index (χ0n) is 14.3. The van der Waals surface area contributed by atoms with Crippen molar-refractivity contribution in [3.05, 3.63) is 16.0 Å². The van der Waals surface area contributed by atoms with Crippen LogP contribution in [0.2, 0.25) is 0 Å². The summed E-state index contributed by atoms with van der Waals surface area (Å²) >= 11 is 1.39. The largest absolute Gasteiger partial charge is 0.481 e. The minimum Gasteiger partial charge on any atom is -0.481 e. The maximum atomic E-state index is 11.9. The van der Waals surface area contributed by atoms with E-state index in [1.54, 1.807) is 0 Å². The number of rotatable bonds is 5. The van der Waals surface area contributed by atoms with Crippen LogP contribution < -0.4 is 11.1 Å². The third kappa shape index (κ3) is 4.14. The van der Waals surface area contributed by atoms with Gasteiger partial charge in [-0.15, -0.1) is 11.3 Å². The second kappa shape index (κ2) is 6.93. The van der Waals surface area contributed by atoms with Crippen LogP contribution in [0.4, 0.5) is 5.00 Å². The molecule has 0 fully saturated rings. The number of amides is 2. The summed E-state index contributed by atoms with van der Waals surface area (Å²) in [6.45, 7) is 6.62. The zero-order valence-corrected chi connectivity index (χ0v) is 15.1. The summed E-state index contributed by atoms with van der Waals surface area (Å²) in [5, 5.41) is 11.8. The summed E-state index contributed by atoms with van der Waals surface area (Å²) in [6.07, 6.45) is 2.27. The van der Waals surface area contributed by atoms with E-state index in [1.807, 2.05) is 0 Å². The molecule has 132 valence electrons. The van der Waals surface area contributed by atoms with Crippen LogP contribution in [0, 0.1) is 11.3 Å². The zero-order chi connectivity index (χ0) is 18.1. The highest BCUT2D eigenvalue weighted by molar-refractivity contribution is 7.17. The van der Waals surface area contributed by atoms with Crippen molar-refractivity contribution in [3.63, 3.8) is 0 Å². The van der Waals surface area contributed by atoms with Crippen molar-refractivity contribution in [2.75, 3.05) is 5.32 Å². The predicted octanol–water partition coefficient (Wildman–Crippen LogP) is 2.80. The van der Waals surface area contributed by atoms with Gasteiger partial charge < -0.3 is 16.2 Å². The molecule has 1 atom stereocenters. The Hall–Kier alpha value is -1.89. The van der Waals surface area contributed by atoms with Crippen LogP contribution in [0.5, 0.6) is 0 Å². The van der Waals surface area contributed by atoms with E-state index in [1.165, 1.54) is 11.3 Å². The number of anilines is 1. The van der Waals surface area contributed by atoms with Gasteiger partial charge in [0.05, 0.1) is 12.0 Å². The van der Waals surface area contributed by atoms with Crippen LogP contribution in [-0.2, 0) is 22.4 Å². The molecule has 1 aliphatic carbocycles. The Bertz CT molecular complexity index is 673. The fourth-order valence-corrected chi connectivity index (χ4v) is 4.43. The van der Waals surface area contributed by atoms with E-state index in [2.05, 4.69) is 26.1 Å². The van der Waals surface area contributed by atoms with Crippen LogP contribution >= 0.6 is 11.3 Å². The number of carbonyl (C=O) groups excluding carboxylic acids is 2. The minimum atomic E-state index is -1.03. The smallest absolute Gasteiger partial charge is 0.303 e. The Morgan fingerprint density at radius 2 is 1.96 bits per heavy atom. The second-order valence-electron chi connectivity index (χ2n) is 7.32. The summed E-state index contributed by atoms with van der Waals surface area (Å²) < 4.78 is 0. The predicted molar refractivity (Wildman–Crippen MR) is 93.3 cm³/mol. The average Bonchev–Trinajstić information content (AvgIpc) is 2.80. The van der Waals surface area contributed by atoms with E-state index in [4.69, 9.17) is 10.8 Å². The van der Waals surface area contributed by atoms with Gasteiger partial charge in [0.1, 0.15) is 5.00 Å². The SMILES string of the molecule is CC(C)(C)[C@@H]1CCc2c(sc(NC(=O)CCC(=O)O)c2C(N)=O)C1. The number of fused-ring (bicyclic) bond motifs is 1. The molecule has 2 rings (SSSR count). The molecule has 1 aromatic rings. The first-order valence-electron chi connectivity index (χ1n) is 8.05. The van der Waals surface area contributed by atoms with Gasteiger partial charge in [-0.05, 0) is 36.2 Å². The third-order valence-electron chi connectivity index (χ3n) is 4.56. The lowest BCUT2D eigenvalue weighted by molar-refractivity contribution is -0.138. The number of nitrogens with one attached hydrogen (secondary N) is 1. The van der Waals surface area contributed by atoms with E-state index >= 15 is 0 Å². The van der Waals surface area contributed by atoms with Crippen molar-refractivity contribution in [1.29, 1.82) is 0 Å². The molecule has 1 heterocycles. The van der Waals surface area contributed by atoms with Crippen LogP contribution in [0.25, 0.3) is 0 Å². The molecule has 4 N–H and O–H groups in total. The van der Waals surface area contributed by atoms with Crippen molar-refractivity contribution < 1.29 is 19.5 Å². The number of carboxylic acids is 1. The van der Waals surface area contributed by atoms with Crippen LogP contribution in [0.3, 0.4) is 0 Å². The minimum absolute atomic E-state index is 0.124. The molecule has 24 heavy (non-hydrogen) atoms. The number of thiophene rings is 1. The standard InChI is InChI=1S/C17H24N2O4S/c1-17(2,3)9-4-5-10-11(8-9)24-16(14(10)15(18)23)19-12(20)6-7-13(21)22/h9H,4-8H2,1-3H3,(H2,18,23)(H,19,20)(H,21,22)/t9-/m1/s1.